The van der Waals surface area contributed by atoms with Crippen molar-refractivity contribution in [1.82, 2.24) is 0 Å². The summed E-state index contributed by atoms with van der Waals surface area (Å²) in [5, 5.41) is 8.96. The van der Waals surface area contributed by atoms with Crippen LogP contribution in [0, 0.1) is 5.92 Å². The van der Waals surface area contributed by atoms with Gasteiger partial charge in [-0.2, -0.15) is 0 Å². The van der Waals surface area contributed by atoms with Crippen molar-refractivity contribution in [3.63, 3.8) is 0 Å². The van der Waals surface area contributed by atoms with Crippen molar-refractivity contribution in [3.05, 3.63) is 59.2 Å². The Hall–Kier alpha value is -2.46. The number of hydrogen-bond acceptors (Lipinski definition) is 3. The van der Waals surface area contributed by atoms with E-state index in [0.29, 0.717) is 12.0 Å². The van der Waals surface area contributed by atoms with E-state index in [9.17, 15) is 9.59 Å². The van der Waals surface area contributed by atoms with Crippen LogP contribution in [0.3, 0.4) is 0 Å². The lowest BCUT2D eigenvalue weighted by molar-refractivity contribution is -0.140. The normalized spacial score (nSPS) is 24.7. The second-order valence-electron chi connectivity index (χ2n) is 7.14. The minimum Gasteiger partial charge on any atom is -0.481 e. The van der Waals surface area contributed by atoms with E-state index in [1.807, 2.05) is 18.2 Å². The van der Waals surface area contributed by atoms with Crippen LogP contribution in [0.4, 0.5) is 0 Å². The summed E-state index contributed by atoms with van der Waals surface area (Å²) in [6.45, 7) is 2.91. The van der Waals surface area contributed by atoms with Crippen molar-refractivity contribution < 1.29 is 19.4 Å². The number of hydrogen-bond donors (Lipinski definition) is 1. The zero-order valence-electron chi connectivity index (χ0n) is 14.1. The van der Waals surface area contributed by atoms with Crippen LogP contribution in [0.2, 0.25) is 0 Å². The van der Waals surface area contributed by atoms with Gasteiger partial charge in [0, 0.05) is 17.9 Å². The molecule has 0 bridgehead atoms. The van der Waals surface area contributed by atoms with Crippen molar-refractivity contribution in [2.75, 3.05) is 6.61 Å². The Morgan fingerprint density at radius 2 is 1.88 bits per heavy atom. The maximum absolute atomic E-state index is 12.5. The van der Waals surface area contributed by atoms with Gasteiger partial charge in [0.25, 0.3) is 0 Å². The average Bonchev–Trinajstić information content (AvgIpc) is 2.88. The van der Waals surface area contributed by atoms with Gasteiger partial charge in [-0.25, -0.2) is 0 Å². The Morgan fingerprint density at radius 1 is 1.20 bits per heavy atom. The molecule has 2 atom stereocenters. The molecule has 0 radical (unpaired) electrons. The minimum atomic E-state index is -0.923. The quantitative estimate of drug-likeness (QED) is 0.922. The van der Waals surface area contributed by atoms with Gasteiger partial charge in [-0.1, -0.05) is 36.4 Å². The molecule has 2 aromatic rings. The second-order valence-corrected chi connectivity index (χ2v) is 7.14. The lowest BCUT2D eigenvalue weighted by Gasteiger charge is -2.39. The summed E-state index contributed by atoms with van der Waals surface area (Å²) in [5.41, 5.74) is 4.64. The van der Waals surface area contributed by atoms with Crippen molar-refractivity contribution in [2.45, 2.75) is 31.8 Å². The molecule has 2 aliphatic rings. The molecule has 25 heavy (non-hydrogen) atoms. The molecule has 1 fully saturated rings. The number of aliphatic carboxylic acids is 1. The largest absolute Gasteiger partial charge is 0.481 e. The number of carboxylic acids is 1. The molecule has 0 amide bonds. The van der Waals surface area contributed by atoms with Gasteiger partial charge in [0.15, 0.2) is 5.78 Å². The monoisotopic (exact) mass is 336 g/mol. The van der Waals surface area contributed by atoms with Crippen molar-refractivity contribution in [2.24, 2.45) is 5.92 Å². The zero-order valence-corrected chi connectivity index (χ0v) is 14.1. The van der Waals surface area contributed by atoms with Gasteiger partial charge in [0.2, 0.25) is 0 Å². The number of Topliss-reactive ketones (excluding diaryl/α,β-unsaturated/α-hetero) is 1. The van der Waals surface area contributed by atoms with Crippen LogP contribution in [0.5, 0.6) is 0 Å². The predicted octanol–water partition coefficient (Wildman–Crippen LogP) is 3.82. The molecule has 2 aromatic carbocycles. The third kappa shape index (κ3) is 2.76. The first-order valence-corrected chi connectivity index (χ1v) is 8.60. The van der Waals surface area contributed by atoms with Crippen molar-refractivity contribution >= 4 is 11.8 Å². The van der Waals surface area contributed by atoms with E-state index in [2.05, 4.69) is 31.2 Å². The van der Waals surface area contributed by atoms with Crippen LogP contribution < -0.4 is 0 Å². The van der Waals surface area contributed by atoms with E-state index in [0.717, 1.165) is 29.7 Å². The third-order valence-electron chi connectivity index (χ3n) is 5.46. The smallest absolute Gasteiger partial charge is 0.304 e. The van der Waals surface area contributed by atoms with Crippen molar-refractivity contribution in [1.29, 1.82) is 0 Å². The highest BCUT2D eigenvalue weighted by Gasteiger charge is 2.35. The number of ether oxygens (including phenoxy) is 1. The fourth-order valence-electron chi connectivity index (χ4n) is 3.77. The van der Waals surface area contributed by atoms with E-state index in [4.69, 9.17) is 9.84 Å². The standard InChI is InChI=1S/C21H20O4/c1-21(8-9-25-21)17-6-4-13(5-7-17)14-2-3-15-10-16(12-19(22)23)20(24)18(15)11-14/h2-7,11,16H,8-10,12H2,1H3,(H,22,23). The zero-order chi connectivity index (χ0) is 17.6. The maximum Gasteiger partial charge on any atom is 0.304 e. The van der Waals surface area contributed by atoms with E-state index >= 15 is 0 Å². The Morgan fingerprint density at radius 3 is 2.48 bits per heavy atom. The van der Waals surface area contributed by atoms with Crippen LogP contribution in [0.15, 0.2) is 42.5 Å². The number of fused-ring (bicyclic) bond motifs is 1. The third-order valence-corrected chi connectivity index (χ3v) is 5.46. The molecular formula is C21H20O4. The summed E-state index contributed by atoms with van der Waals surface area (Å²) in [7, 11) is 0. The summed E-state index contributed by atoms with van der Waals surface area (Å²) in [5.74, 6) is -1.40. The van der Waals surface area contributed by atoms with Crippen LogP contribution in [-0.2, 0) is 21.6 Å². The first kappa shape index (κ1) is 16.0. The first-order valence-electron chi connectivity index (χ1n) is 8.60. The van der Waals surface area contributed by atoms with Gasteiger partial charge >= 0.3 is 5.97 Å². The highest BCUT2D eigenvalue weighted by molar-refractivity contribution is 6.04. The molecule has 0 spiro atoms. The predicted molar refractivity (Wildman–Crippen MR) is 93.6 cm³/mol. The summed E-state index contributed by atoms with van der Waals surface area (Å²) in [6, 6.07) is 14.1. The average molecular weight is 336 g/mol. The highest BCUT2D eigenvalue weighted by Crippen LogP contribution is 2.38. The molecule has 0 aromatic heterocycles. The number of benzene rings is 2. The van der Waals surface area contributed by atoms with Crippen LogP contribution >= 0.6 is 0 Å². The van der Waals surface area contributed by atoms with Gasteiger partial charge in [-0.15, -0.1) is 0 Å². The highest BCUT2D eigenvalue weighted by atomic mass is 16.5. The van der Waals surface area contributed by atoms with Crippen LogP contribution in [0.25, 0.3) is 11.1 Å². The molecule has 1 aliphatic carbocycles. The molecule has 4 nitrogen and oxygen atoms in total. The van der Waals surface area contributed by atoms with E-state index in [1.165, 1.54) is 5.56 Å². The molecule has 1 aliphatic heterocycles. The van der Waals surface area contributed by atoms with Gasteiger partial charge in [0.05, 0.1) is 18.6 Å². The van der Waals surface area contributed by atoms with E-state index < -0.39 is 11.9 Å². The van der Waals surface area contributed by atoms with Gasteiger partial charge in [0.1, 0.15) is 0 Å². The number of rotatable bonds is 4. The molecule has 1 saturated heterocycles. The van der Waals surface area contributed by atoms with Crippen LogP contribution in [-0.4, -0.2) is 23.5 Å². The maximum atomic E-state index is 12.5. The molecule has 1 heterocycles. The SMILES string of the molecule is CC1(c2ccc(-c3ccc4c(c3)C(=O)C(CC(=O)O)C4)cc2)CCO1. The Bertz CT molecular complexity index is 847. The van der Waals surface area contributed by atoms with Gasteiger partial charge in [-0.05, 0) is 41.7 Å². The van der Waals surface area contributed by atoms with Gasteiger partial charge in [-0.3, -0.25) is 9.59 Å². The number of carboxylic acid groups (broad SMARTS) is 1. The fourth-order valence-corrected chi connectivity index (χ4v) is 3.77. The Balaban J connectivity index is 1.60. The second kappa shape index (κ2) is 5.81. The molecule has 4 heteroatoms. The lowest BCUT2D eigenvalue weighted by Crippen LogP contribution is -2.37. The summed E-state index contributed by atoms with van der Waals surface area (Å²) >= 11 is 0. The molecule has 4 rings (SSSR count). The minimum absolute atomic E-state index is 0.0498. The first-order chi connectivity index (χ1) is 12.0. The molecular weight excluding hydrogens is 316 g/mol. The molecule has 0 saturated carbocycles. The topological polar surface area (TPSA) is 63.6 Å². The Kier molecular flexibility index (Phi) is 3.73. The lowest BCUT2D eigenvalue weighted by atomic mass is 9.87. The van der Waals surface area contributed by atoms with Crippen LogP contribution in [0.1, 0.15) is 41.3 Å². The molecule has 1 N–H and O–H groups in total. The van der Waals surface area contributed by atoms with E-state index in [-0.39, 0.29) is 17.8 Å². The summed E-state index contributed by atoms with van der Waals surface area (Å²) < 4.78 is 5.68. The van der Waals surface area contributed by atoms with Crippen molar-refractivity contribution in [3.8, 4) is 11.1 Å². The number of carbonyl (C=O) groups is 2. The number of carbonyl (C=O) groups excluding carboxylic acids is 1. The van der Waals surface area contributed by atoms with E-state index in [1.54, 1.807) is 0 Å². The molecule has 2 unspecified atom stereocenters. The summed E-state index contributed by atoms with van der Waals surface area (Å²) in [4.78, 5) is 23.4. The fraction of sp³-hybridized carbons (Fsp3) is 0.333. The summed E-state index contributed by atoms with van der Waals surface area (Å²) in [6.07, 6.45) is 1.45. The number of ketones is 1. The van der Waals surface area contributed by atoms with Gasteiger partial charge < -0.3 is 9.84 Å². The molecule has 128 valence electrons. The Labute approximate surface area is 146 Å².